The minimum atomic E-state index is 0.574. The maximum atomic E-state index is 5.78. The summed E-state index contributed by atoms with van der Waals surface area (Å²) in [6.45, 7) is 5.71. The number of para-hydroxylation sites is 2. The molecule has 0 radical (unpaired) electrons. The number of methoxy groups -OCH3 is 2. The van der Waals surface area contributed by atoms with Crippen LogP contribution in [0.3, 0.4) is 0 Å². The Hall–Kier alpha value is -3.67. The van der Waals surface area contributed by atoms with E-state index in [0.717, 1.165) is 45.2 Å². The molecule has 6 nitrogen and oxygen atoms in total. The molecule has 166 valence electrons. The van der Waals surface area contributed by atoms with E-state index in [1.54, 1.807) is 14.2 Å². The van der Waals surface area contributed by atoms with E-state index in [1.165, 1.54) is 0 Å². The second kappa shape index (κ2) is 9.64. The largest absolute Gasteiger partial charge is 0.493 e. The number of ether oxygens (including phenoxy) is 4. The summed E-state index contributed by atoms with van der Waals surface area (Å²) in [5, 5.41) is 0. The number of imidazole rings is 1. The molecule has 0 aliphatic heterocycles. The molecule has 1 aromatic heterocycles. The van der Waals surface area contributed by atoms with Crippen LogP contribution in [0.15, 0.2) is 60.7 Å². The monoisotopic (exact) mass is 432 g/mol. The lowest BCUT2D eigenvalue weighted by molar-refractivity contribution is 0.310. The third-order valence-electron chi connectivity index (χ3n) is 5.24. The van der Waals surface area contributed by atoms with Gasteiger partial charge in [0.15, 0.2) is 23.0 Å². The van der Waals surface area contributed by atoms with Crippen LogP contribution in [-0.4, -0.2) is 37.0 Å². The highest BCUT2D eigenvalue weighted by Gasteiger charge is 2.16. The zero-order valence-corrected chi connectivity index (χ0v) is 18.9. The van der Waals surface area contributed by atoms with Gasteiger partial charge in [0.1, 0.15) is 5.82 Å². The van der Waals surface area contributed by atoms with Crippen LogP contribution in [-0.2, 0) is 6.54 Å². The van der Waals surface area contributed by atoms with Crippen LogP contribution in [0.5, 0.6) is 23.0 Å². The van der Waals surface area contributed by atoms with Crippen molar-refractivity contribution in [1.82, 2.24) is 9.55 Å². The maximum Gasteiger partial charge on any atom is 0.161 e. The van der Waals surface area contributed by atoms with Gasteiger partial charge in [-0.2, -0.15) is 0 Å². The molecule has 1 heterocycles. The van der Waals surface area contributed by atoms with Crippen molar-refractivity contribution in [2.45, 2.75) is 20.4 Å². The Bertz CT molecular complexity index is 1220. The Kier molecular flexibility index (Phi) is 6.50. The van der Waals surface area contributed by atoms with Gasteiger partial charge >= 0.3 is 0 Å². The first-order valence-electron chi connectivity index (χ1n) is 10.7. The number of hydrogen-bond donors (Lipinski definition) is 0. The van der Waals surface area contributed by atoms with Crippen molar-refractivity contribution in [3.8, 4) is 34.4 Å². The normalized spacial score (nSPS) is 10.9. The summed E-state index contributed by atoms with van der Waals surface area (Å²) in [5.74, 6) is 3.73. The smallest absolute Gasteiger partial charge is 0.161 e. The predicted octanol–water partition coefficient (Wildman–Crippen LogP) is 5.57. The summed E-state index contributed by atoms with van der Waals surface area (Å²) < 4.78 is 24.7. The number of aromatic nitrogens is 2. The first-order valence-corrected chi connectivity index (χ1v) is 10.7. The molecule has 0 saturated heterocycles. The topological polar surface area (TPSA) is 54.7 Å². The van der Waals surface area contributed by atoms with Gasteiger partial charge < -0.3 is 23.5 Å². The Morgan fingerprint density at radius 3 is 2.22 bits per heavy atom. The molecule has 0 aliphatic carbocycles. The predicted molar refractivity (Wildman–Crippen MR) is 126 cm³/mol. The van der Waals surface area contributed by atoms with Crippen molar-refractivity contribution < 1.29 is 18.9 Å². The highest BCUT2D eigenvalue weighted by atomic mass is 16.5. The minimum Gasteiger partial charge on any atom is -0.493 e. The number of hydrogen-bond acceptors (Lipinski definition) is 5. The Labute approximate surface area is 188 Å². The third kappa shape index (κ3) is 4.21. The number of benzene rings is 3. The van der Waals surface area contributed by atoms with E-state index in [-0.39, 0.29) is 0 Å². The van der Waals surface area contributed by atoms with Crippen molar-refractivity contribution in [2.24, 2.45) is 0 Å². The van der Waals surface area contributed by atoms with Gasteiger partial charge in [-0.15, -0.1) is 0 Å². The zero-order valence-electron chi connectivity index (χ0n) is 18.9. The Morgan fingerprint density at radius 1 is 0.750 bits per heavy atom. The lowest BCUT2D eigenvalue weighted by atomic mass is 10.1. The standard InChI is InChI=1S/C26H28N2O4/c1-5-31-23-14-12-19(16-24(23)30-4)26-27-20-9-7-8-10-21(20)28(26)17-18-11-13-22(29-3)25(15-18)32-6-2/h7-16H,5-6,17H2,1-4H3. The van der Waals surface area contributed by atoms with E-state index in [4.69, 9.17) is 23.9 Å². The molecule has 4 aromatic rings. The van der Waals surface area contributed by atoms with Crippen LogP contribution in [0.1, 0.15) is 19.4 Å². The average molecular weight is 433 g/mol. The van der Waals surface area contributed by atoms with Gasteiger partial charge in [-0.25, -0.2) is 4.98 Å². The van der Waals surface area contributed by atoms with Gasteiger partial charge in [-0.3, -0.25) is 0 Å². The fourth-order valence-electron chi connectivity index (χ4n) is 3.81. The highest BCUT2D eigenvalue weighted by molar-refractivity contribution is 5.81. The fraction of sp³-hybridized carbons (Fsp3) is 0.269. The lowest BCUT2D eigenvalue weighted by Crippen LogP contribution is -2.04. The molecule has 0 unspecified atom stereocenters. The molecular weight excluding hydrogens is 404 g/mol. The van der Waals surface area contributed by atoms with Gasteiger partial charge in [0, 0.05) is 12.1 Å². The van der Waals surface area contributed by atoms with Crippen molar-refractivity contribution in [1.29, 1.82) is 0 Å². The summed E-state index contributed by atoms with van der Waals surface area (Å²) in [4.78, 5) is 4.93. The Morgan fingerprint density at radius 2 is 1.47 bits per heavy atom. The van der Waals surface area contributed by atoms with Crippen LogP contribution < -0.4 is 18.9 Å². The fourth-order valence-corrected chi connectivity index (χ4v) is 3.81. The number of fused-ring (bicyclic) bond motifs is 1. The van der Waals surface area contributed by atoms with Crippen LogP contribution in [0.25, 0.3) is 22.4 Å². The second-order valence-corrected chi connectivity index (χ2v) is 7.23. The van der Waals surface area contributed by atoms with E-state index < -0.39 is 0 Å². The van der Waals surface area contributed by atoms with E-state index in [1.807, 2.05) is 62.4 Å². The van der Waals surface area contributed by atoms with Gasteiger partial charge in [0.05, 0.1) is 38.5 Å². The molecule has 32 heavy (non-hydrogen) atoms. The second-order valence-electron chi connectivity index (χ2n) is 7.23. The zero-order chi connectivity index (χ0) is 22.5. The number of nitrogens with zero attached hydrogens (tertiary/aromatic N) is 2. The van der Waals surface area contributed by atoms with Crippen molar-refractivity contribution in [2.75, 3.05) is 27.4 Å². The molecule has 0 aliphatic rings. The molecule has 6 heteroatoms. The molecule has 0 bridgehead atoms. The first-order chi connectivity index (χ1) is 15.7. The molecule has 3 aromatic carbocycles. The average Bonchev–Trinajstić information content (AvgIpc) is 3.18. The summed E-state index contributed by atoms with van der Waals surface area (Å²) in [7, 11) is 3.30. The van der Waals surface area contributed by atoms with Crippen LogP contribution in [0.4, 0.5) is 0 Å². The maximum absolute atomic E-state index is 5.78. The van der Waals surface area contributed by atoms with Crippen molar-refractivity contribution in [3.63, 3.8) is 0 Å². The van der Waals surface area contributed by atoms with Gasteiger partial charge in [0.25, 0.3) is 0 Å². The third-order valence-corrected chi connectivity index (χ3v) is 5.24. The van der Waals surface area contributed by atoms with Gasteiger partial charge in [-0.05, 0) is 61.9 Å². The van der Waals surface area contributed by atoms with Crippen LogP contribution >= 0.6 is 0 Å². The van der Waals surface area contributed by atoms with Gasteiger partial charge in [0.2, 0.25) is 0 Å². The van der Waals surface area contributed by atoms with E-state index >= 15 is 0 Å². The molecule has 0 amide bonds. The van der Waals surface area contributed by atoms with Crippen molar-refractivity contribution >= 4 is 11.0 Å². The first kappa shape index (κ1) is 21.6. The summed E-state index contributed by atoms with van der Waals surface area (Å²) >= 11 is 0. The molecule has 4 rings (SSSR count). The quantitative estimate of drug-likeness (QED) is 0.346. The summed E-state index contributed by atoms with van der Waals surface area (Å²) in [6.07, 6.45) is 0. The van der Waals surface area contributed by atoms with E-state index in [2.05, 4.69) is 16.7 Å². The lowest BCUT2D eigenvalue weighted by Gasteiger charge is -2.14. The molecular formula is C26H28N2O4. The van der Waals surface area contributed by atoms with Crippen LogP contribution in [0, 0.1) is 0 Å². The van der Waals surface area contributed by atoms with Crippen LogP contribution in [0.2, 0.25) is 0 Å². The Balaban J connectivity index is 1.81. The molecule has 0 N–H and O–H groups in total. The molecule has 0 atom stereocenters. The molecule has 0 fully saturated rings. The summed E-state index contributed by atoms with van der Waals surface area (Å²) in [5.41, 5.74) is 4.05. The molecule has 0 spiro atoms. The molecule has 0 saturated carbocycles. The van der Waals surface area contributed by atoms with E-state index in [0.29, 0.717) is 25.5 Å². The number of rotatable bonds is 9. The van der Waals surface area contributed by atoms with Gasteiger partial charge in [-0.1, -0.05) is 18.2 Å². The highest BCUT2D eigenvalue weighted by Crippen LogP contribution is 2.35. The van der Waals surface area contributed by atoms with Crippen molar-refractivity contribution in [3.05, 3.63) is 66.2 Å². The SMILES string of the molecule is CCOc1ccc(-c2nc3ccccc3n2Cc2ccc(OC)c(OCC)c2)cc1OC. The minimum absolute atomic E-state index is 0.574. The van der Waals surface area contributed by atoms with E-state index in [9.17, 15) is 0 Å². The summed E-state index contributed by atoms with van der Waals surface area (Å²) in [6, 6.07) is 20.1.